The summed E-state index contributed by atoms with van der Waals surface area (Å²) < 4.78 is 31.0. The minimum absolute atomic E-state index is 0. The number of hydrogen-bond acceptors (Lipinski definition) is 2. The molecule has 0 aromatic heterocycles. The quantitative estimate of drug-likeness (QED) is 0.427. The zero-order valence-electron chi connectivity index (χ0n) is 15.4. The molecule has 0 heterocycles. The normalized spacial score (nSPS) is 14.2. The van der Waals surface area contributed by atoms with E-state index >= 15 is 0 Å². The van der Waals surface area contributed by atoms with Crippen LogP contribution in [0.15, 0.2) is 29.2 Å². The average molecular weight is 336 g/mol. The maximum atomic E-state index is 11.0. The molecule has 22 heavy (non-hydrogen) atoms. The Labute approximate surface area is 159 Å². The van der Waals surface area contributed by atoms with Crippen molar-refractivity contribution >= 4 is 10.1 Å². The van der Waals surface area contributed by atoms with Crippen molar-refractivity contribution in [3.8, 4) is 0 Å². The van der Waals surface area contributed by atoms with Gasteiger partial charge in [-0.05, 0) is 36.0 Å². The number of rotatable bonds is 9. The first-order chi connectivity index (χ1) is 9.84. The molecule has 0 spiro atoms. The minimum Gasteiger partial charge on any atom is -1.00 e. The van der Waals surface area contributed by atoms with E-state index in [0.717, 1.165) is 17.9 Å². The third-order valence-electron chi connectivity index (χ3n) is 4.11. The van der Waals surface area contributed by atoms with E-state index in [1.807, 2.05) is 0 Å². The zero-order valence-corrected chi connectivity index (χ0v) is 17.2. The van der Waals surface area contributed by atoms with Gasteiger partial charge in [0.1, 0.15) is 0 Å². The van der Waals surface area contributed by atoms with Crippen molar-refractivity contribution in [1.29, 1.82) is 0 Å². The van der Waals surface area contributed by atoms with Crippen LogP contribution in [0.25, 0.3) is 0 Å². The van der Waals surface area contributed by atoms with E-state index < -0.39 is 10.1 Å². The molecule has 0 aliphatic rings. The maximum Gasteiger partial charge on any atom is 1.00 e. The number of benzene rings is 1. The van der Waals surface area contributed by atoms with Crippen LogP contribution in [-0.4, -0.2) is 13.0 Å². The van der Waals surface area contributed by atoms with Gasteiger partial charge in [-0.2, -0.15) is 8.42 Å². The molecule has 1 rings (SSSR count). The van der Waals surface area contributed by atoms with E-state index in [1.165, 1.54) is 44.2 Å². The molecule has 1 aromatic carbocycles. The fourth-order valence-electron chi connectivity index (χ4n) is 2.72. The van der Waals surface area contributed by atoms with E-state index in [9.17, 15) is 8.42 Å². The maximum absolute atomic E-state index is 11.0. The second-order valence-corrected chi connectivity index (χ2v) is 7.54. The van der Waals surface area contributed by atoms with Crippen LogP contribution in [0.4, 0.5) is 0 Å². The molecule has 0 saturated carbocycles. The van der Waals surface area contributed by atoms with Crippen molar-refractivity contribution in [2.75, 3.05) is 0 Å². The van der Waals surface area contributed by atoms with E-state index in [-0.39, 0.29) is 35.9 Å². The Hall–Kier alpha value is 0.130. The standard InChI is InChI=1S/C17H28O3S.Na.H/c1-4-7-14(2)8-5-6-9-15(3)16-10-12-17(13-11-16)21(18,19)20;;/h10-15H,4-9H2,1-3H3,(H,18,19,20);;/q;+1;-1. The van der Waals surface area contributed by atoms with Crippen LogP contribution in [0.5, 0.6) is 0 Å². The topological polar surface area (TPSA) is 54.4 Å². The van der Waals surface area contributed by atoms with E-state index in [0.29, 0.717) is 5.92 Å². The summed E-state index contributed by atoms with van der Waals surface area (Å²) in [6.07, 6.45) is 7.44. The molecule has 0 radical (unpaired) electrons. The van der Waals surface area contributed by atoms with Crippen molar-refractivity contribution in [3.63, 3.8) is 0 Å². The summed E-state index contributed by atoms with van der Waals surface area (Å²) in [5.74, 6) is 1.24. The monoisotopic (exact) mass is 336 g/mol. The van der Waals surface area contributed by atoms with Crippen molar-refractivity contribution in [2.24, 2.45) is 5.92 Å². The Bertz CT molecular complexity index is 517. The van der Waals surface area contributed by atoms with Crippen LogP contribution in [0.2, 0.25) is 0 Å². The fourth-order valence-corrected chi connectivity index (χ4v) is 3.20. The van der Waals surface area contributed by atoms with E-state index in [1.54, 1.807) is 12.1 Å². The molecule has 5 heteroatoms. The summed E-state index contributed by atoms with van der Waals surface area (Å²) in [4.78, 5) is -0.0353. The van der Waals surface area contributed by atoms with Crippen LogP contribution < -0.4 is 29.6 Å². The largest absolute Gasteiger partial charge is 1.00 e. The van der Waals surface area contributed by atoms with Gasteiger partial charge in [0.25, 0.3) is 10.1 Å². The van der Waals surface area contributed by atoms with Crippen molar-refractivity contribution < 1.29 is 44.0 Å². The first-order valence-electron chi connectivity index (χ1n) is 7.92. The first kappa shape index (κ1) is 22.1. The van der Waals surface area contributed by atoms with Gasteiger partial charge in [-0.15, -0.1) is 0 Å². The second kappa shape index (κ2) is 10.8. The molecule has 122 valence electrons. The van der Waals surface area contributed by atoms with Crippen LogP contribution in [-0.2, 0) is 10.1 Å². The van der Waals surface area contributed by atoms with Crippen LogP contribution in [0.1, 0.15) is 72.2 Å². The third-order valence-corrected chi connectivity index (χ3v) is 4.98. The summed E-state index contributed by atoms with van der Waals surface area (Å²) in [6, 6.07) is 6.55. The van der Waals surface area contributed by atoms with Gasteiger partial charge in [0, 0.05) is 0 Å². The minimum atomic E-state index is -4.08. The summed E-state index contributed by atoms with van der Waals surface area (Å²) in [6.45, 7) is 6.72. The molecule has 0 bridgehead atoms. The number of unbranched alkanes of at least 4 members (excludes halogenated alkanes) is 1. The smallest absolute Gasteiger partial charge is 1.00 e. The van der Waals surface area contributed by atoms with Gasteiger partial charge in [-0.1, -0.05) is 65.0 Å². The van der Waals surface area contributed by atoms with Gasteiger partial charge in [0.05, 0.1) is 4.90 Å². The van der Waals surface area contributed by atoms with Gasteiger partial charge in [-0.3, -0.25) is 4.55 Å². The molecule has 0 amide bonds. The number of hydrogen-bond donors (Lipinski definition) is 1. The van der Waals surface area contributed by atoms with E-state index in [4.69, 9.17) is 4.55 Å². The molecule has 3 nitrogen and oxygen atoms in total. The second-order valence-electron chi connectivity index (χ2n) is 6.12. The molecular weight excluding hydrogens is 307 g/mol. The van der Waals surface area contributed by atoms with Gasteiger partial charge in [0.2, 0.25) is 0 Å². The molecule has 1 N–H and O–H groups in total. The summed E-state index contributed by atoms with van der Waals surface area (Å²) in [7, 11) is -4.08. The molecule has 1 aromatic rings. The molecule has 2 unspecified atom stereocenters. The molecule has 0 fully saturated rings. The Morgan fingerprint density at radius 2 is 1.59 bits per heavy atom. The Morgan fingerprint density at radius 1 is 1.05 bits per heavy atom. The van der Waals surface area contributed by atoms with Crippen molar-refractivity contribution in [3.05, 3.63) is 29.8 Å². The van der Waals surface area contributed by atoms with Crippen LogP contribution in [0.3, 0.4) is 0 Å². The van der Waals surface area contributed by atoms with Gasteiger partial charge >= 0.3 is 29.6 Å². The first-order valence-corrected chi connectivity index (χ1v) is 9.36. The zero-order chi connectivity index (χ0) is 15.9. The molecule has 0 aliphatic carbocycles. The molecular formula is C17H29NaO3S. The van der Waals surface area contributed by atoms with Crippen LogP contribution in [0, 0.1) is 5.92 Å². The Balaban J connectivity index is 0. The summed E-state index contributed by atoms with van der Waals surface area (Å²) >= 11 is 0. The van der Waals surface area contributed by atoms with Gasteiger partial charge in [-0.25, -0.2) is 0 Å². The predicted molar refractivity (Wildman–Crippen MR) is 88.3 cm³/mol. The van der Waals surface area contributed by atoms with Crippen molar-refractivity contribution in [1.82, 2.24) is 0 Å². The van der Waals surface area contributed by atoms with E-state index in [2.05, 4.69) is 20.8 Å². The van der Waals surface area contributed by atoms with Gasteiger partial charge < -0.3 is 1.43 Å². The third kappa shape index (κ3) is 8.11. The summed E-state index contributed by atoms with van der Waals surface area (Å²) in [5, 5.41) is 0. The Kier molecular flexibility index (Phi) is 10.9. The molecule has 2 atom stereocenters. The van der Waals surface area contributed by atoms with Crippen LogP contribution >= 0.6 is 0 Å². The summed E-state index contributed by atoms with van der Waals surface area (Å²) in [5.41, 5.74) is 1.13. The predicted octanol–water partition coefficient (Wildman–Crippen LogP) is 2.15. The average Bonchev–Trinajstić information content (AvgIpc) is 2.43. The van der Waals surface area contributed by atoms with Crippen molar-refractivity contribution in [2.45, 2.75) is 70.1 Å². The Morgan fingerprint density at radius 3 is 2.09 bits per heavy atom. The molecule has 0 saturated heterocycles. The molecule has 0 aliphatic heterocycles. The van der Waals surface area contributed by atoms with Gasteiger partial charge in [0.15, 0.2) is 0 Å². The SMILES string of the molecule is CCCC(C)CCCCC(C)c1ccc(S(=O)(=O)O)cc1.[H-].[Na+]. The fraction of sp³-hybridized carbons (Fsp3) is 0.647.